The molecule has 3 rings (SSSR count). The first kappa shape index (κ1) is 18.5. The number of hydrogen-bond acceptors (Lipinski definition) is 5. The van der Waals surface area contributed by atoms with Gasteiger partial charge in [0.05, 0.1) is 18.1 Å². The average molecular weight is 367 g/mol. The van der Waals surface area contributed by atoms with Gasteiger partial charge in [-0.25, -0.2) is 4.68 Å². The van der Waals surface area contributed by atoms with Gasteiger partial charge in [-0.05, 0) is 30.2 Å². The molecule has 0 radical (unpaired) electrons. The number of ether oxygens (including phenoxy) is 2. The SMILES string of the molecule is C=CCc1ccccc1OCc1ccc(C(=O)Nc2cnn(COC)c2)o1. The Morgan fingerprint density at radius 3 is 3.00 bits per heavy atom. The third kappa shape index (κ3) is 4.86. The van der Waals surface area contributed by atoms with Gasteiger partial charge < -0.3 is 19.2 Å². The smallest absolute Gasteiger partial charge is 0.291 e. The standard InChI is InChI=1S/C20H21N3O4/c1-3-6-15-7-4-5-8-18(15)26-13-17-9-10-19(27-17)20(24)22-16-11-21-23(12-16)14-25-2/h3-5,7-12H,1,6,13-14H2,2H3,(H,22,24). The molecule has 7 heteroatoms. The maximum atomic E-state index is 12.3. The van der Waals surface area contributed by atoms with E-state index in [0.29, 0.717) is 18.2 Å². The number of para-hydroxylation sites is 1. The van der Waals surface area contributed by atoms with E-state index in [1.165, 1.54) is 0 Å². The third-order valence-electron chi connectivity index (χ3n) is 3.74. The molecule has 0 aliphatic carbocycles. The molecule has 1 amide bonds. The fraction of sp³-hybridized carbons (Fsp3) is 0.200. The number of anilines is 1. The highest BCUT2D eigenvalue weighted by atomic mass is 16.5. The Morgan fingerprint density at radius 2 is 2.19 bits per heavy atom. The number of nitrogens with zero attached hydrogens (tertiary/aromatic N) is 2. The number of allylic oxidation sites excluding steroid dienone is 1. The van der Waals surface area contributed by atoms with Crippen LogP contribution in [0.2, 0.25) is 0 Å². The lowest BCUT2D eigenvalue weighted by atomic mass is 10.1. The van der Waals surface area contributed by atoms with E-state index in [-0.39, 0.29) is 18.3 Å². The summed E-state index contributed by atoms with van der Waals surface area (Å²) >= 11 is 0. The summed E-state index contributed by atoms with van der Waals surface area (Å²) in [5.74, 6) is 1.17. The fourth-order valence-electron chi connectivity index (χ4n) is 2.52. The Balaban J connectivity index is 1.59. The predicted molar refractivity (Wildman–Crippen MR) is 101 cm³/mol. The van der Waals surface area contributed by atoms with Crippen LogP contribution in [0, 0.1) is 0 Å². The van der Waals surface area contributed by atoms with Crippen molar-refractivity contribution in [2.45, 2.75) is 19.8 Å². The van der Waals surface area contributed by atoms with Gasteiger partial charge in [0.25, 0.3) is 5.91 Å². The summed E-state index contributed by atoms with van der Waals surface area (Å²) < 4.78 is 17.9. The summed E-state index contributed by atoms with van der Waals surface area (Å²) in [5.41, 5.74) is 1.61. The van der Waals surface area contributed by atoms with E-state index in [0.717, 1.165) is 17.7 Å². The van der Waals surface area contributed by atoms with Crippen molar-refractivity contribution in [3.63, 3.8) is 0 Å². The molecule has 0 aliphatic rings. The molecule has 0 fully saturated rings. The predicted octanol–water partition coefficient (Wildman–Crippen LogP) is 3.64. The zero-order valence-electron chi connectivity index (χ0n) is 15.1. The Hall–Kier alpha value is -3.32. The van der Waals surface area contributed by atoms with Gasteiger partial charge in [0.15, 0.2) is 5.76 Å². The molecule has 1 aromatic carbocycles. The minimum absolute atomic E-state index is 0.201. The summed E-state index contributed by atoms with van der Waals surface area (Å²) in [6.45, 7) is 4.29. The van der Waals surface area contributed by atoms with Crippen LogP contribution in [-0.4, -0.2) is 22.8 Å². The molecule has 0 atom stereocenters. The van der Waals surface area contributed by atoms with Crippen LogP contribution in [0.15, 0.2) is 65.9 Å². The van der Waals surface area contributed by atoms with Crippen LogP contribution in [0.1, 0.15) is 21.9 Å². The van der Waals surface area contributed by atoms with Gasteiger partial charge in [-0.15, -0.1) is 6.58 Å². The lowest BCUT2D eigenvalue weighted by Gasteiger charge is -2.08. The van der Waals surface area contributed by atoms with Crippen LogP contribution in [0.5, 0.6) is 5.75 Å². The number of methoxy groups -OCH3 is 1. The van der Waals surface area contributed by atoms with E-state index < -0.39 is 0 Å². The quantitative estimate of drug-likeness (QED) is 0.584. The first-order chi connectivity index (χ1) is 13.2. The molecule has 0 bridgehead atoms. The number of rotatable bonds is 9. The zero-order valence-corrected chi connectivity index (χ0v) is 15.1. The molecular formula is C20H21N3O4. The number of amides is 1. The topological polar surface area (TPSA) is 78.5 Å². The Bertz CT molecular complexity index is 913. The normalized spacial score (nSPS) is 10.6. The van der Waals surface area contributed by atoms with E-state index in [1.807, 2.05) is 30.3 Å². The minimum Gasteiger partial charge on any atom is -0.485 e. The van der Waals surface area contributed by atoms with Crippen molar-refractivity contribution in [1.82, 2.24) is 9.78 Å². The Morgan fingerprint density at radius 1 is 1.33 bits per heavy atom. The number of carbonyl (C=O) groups is 1. The molecule has 7 nitrogen and oxygen atoms in total. The van der Waals surface area contributed by atoms with Crippen molar-refractivity contribution >= 4 is 11.6 Å². The highest BCUT2D eigenvalue weighted by Gasteiger charge is 2.13. The van der Waals surface area contributed by atoms with Gasteiger partial charge in [-0.2, -0.15) is 5.10 Å². The number of carbonyl (C=O) groups excluding carboxylic acids is 1. The molecule has 0 unspecified atom stereocenters. The summed E-state index contributed by atoms with van der Waals surface area (Å²) in [6.07, 6.45) is 5.76. The summed E-state index contributed by atoms with van der Waals surface area (Å²) in [4.78, 5) is 12.3. The van der Waals surface area contributed by atoms with Crippen LogP contribution < -0.4 is 10.1 Å². The second-order valence-electron chi connectivity index (χ2n) is 5.80. The molecule has 0 saturated heterocycles. The van der Waals surface area contributed by atoms with E-state index in [4.69, 9.17) is 13.9 Å². The summed E-state index contributed by atoms with van der Waals surface area (Å²) in [5, 5.41) is 6.79. The van der Waals surface area contributed by atoms with Gasteiger partial charge in [-0.3, -0.25) is 4.79 Å². The number of benzene rings is 1. The molecule has 1 N–H and O–H groups in total. The molecule has 0 saturated carbocycles. The molecule has 0 spiro atoms. The Kier molecular flexibility index (Phi) is 6.06. The van der Waals surface area contributed by atoms with E-state index in [2.05, 4.69) is 17.0 Å². The molecule has 2 heterocycles. The zero-order chi connectivity index (χ0) is 19.1. The van der Waals surface area contributed by atoms with Gasteiger partial charge in [0.2, 0.25) is 0 Å². The van der Waals surface area contributed by atoms with Crippen molar-refractivity contribution in [1.29, 1.82) is 0 Å². The number of furan rings is 1. The maximum absolute atomic E-state index is 12.3. The van der Waals surface area contributed by atoms with Crippen LogP contribution in [0.3, 0.4) is 0 Å². The number of hydrogen-bond donors (Lipinski definition) is 1. The molecule has 27 heavy (non-hydrogen) atoms. The van der Waals surface area contributed by atoms with Gasteiger partial charge >= 0.3 is 0 Å². The Labute approximate surface area is 157 Å². The molecular weight excluding hydrogens is 346 g/mol. The highest BCUT2D eigenvalue weighted by Crippen LogP contribution is 2.21. The second-order valence-corrected chi connectivity index (χ2v) is 5.80. The minimum atomic E-state index is -0.356. The van der Waals surface area contributed by atoms with Crippen LogP contribution >= 0.6 is 0 Å². The number of aromatic nitrogens is 2. The first-order valence-electron chi connectivity index (χ1n) is 8.42. The van der Waals surface area contributed by atoms with E-state index in [9.17, 15) is 4.79 Å². The first-order valence-corrected chi connectivity index (χ1v) is 8.42. The van der Waals surface area contributed by atoms with Crippen molar-refractivity contribution in [2.75, 3.05) is 12.4 Å². The molecule has 0 aliphatic heterocycles. The summed E-state index contributed by atoms with van der Waals surface area (Å²) in [6, 6.07) is 11.1. The lowest BCUT2D eigenvalue weighted by molar-refractivity contribution is 0.0992. The van der Waals surface area contributed by atoms with Gasteiger partial charge in [0, 0.05) is 7.11 Å². The van der Waals surface area contributed by atoms with Crippen molar-refractivity contribution < 1.29 is 18.7 Å². The molecule has 3 aromatic rings. The third-order valence-corrected chi connectivity index (χ3v) is 3.74. The summed E-state index contributed by atoms with van der Waals surface area (Å²) in [7, 11) is 1.57. The fourth-order valence-corrected chi connectivity index (χ4v) is 2.52. The molecule has 140 valence electrons. The maximum Gasteiger partial charge on any atom is 0.291 e. The monoisotopic (exact) mass is 367 g/mol. The van der Waals surface area contributed by atoms with E-state index in [1.54, 1.807) is 36.3 Å². The second kappa shape index (κ2) is 8.86. The van der Waals surface area contributed by atoms with Gasteiger partial charge in [0.1, 0.15) is 24.8 Å². The van der Waals surface area contributed by atoms with E-state index >= 15 is 0 Å². The van der Waals surface area contributed by atoms with Crippen molar-refractivity contribution in [3.8, 4) is 5.75 Å². The average Bonchev–Trinajstić information content (AvgIpc) is 3.31. The van der Waals surface area contributed by atoms with Crippen LogP contribution in [0.25, 0.3) is 0 Å². The van der Waals surface area contributed by atoms with Crippen LogP contribution in [0.4, 0.5) is 5.69 Å². The van der Waals surface area contributed by atoms with Crippen LogP contribution in [-0.2, 0) is 24.5 Å². The lowest BCUT2D eigenvalue weighted by Crippen LogP contribution is -2.10. The highest BCUT2D eigenvalue weighted by molar-refractivity contribution is 6.02. The van der Waals surface area contributed by atoms with Crippen molar-refractivity contribution in [2.24, 2.45) is 0 Å². The van der Waals surface area contributed by atoms with Crippen molar-refractivity contribution in [3.05, 3.63) is 78.5 Å². The largest absolute Gasteiger partial charge is 0.485 e. The molecule has 2 aromatic heterocycles. The van der Waals surface area contributed by atoms with Gasteiger partial charge in [-0.1, -0.05) is 24.3 Å². The number of nitrogens with one attached hydrogen (secondary N) is 1.